The Morgan fingerprint density at radius 1 is 1.17 bits per heavy atom. The minimum atomic E-state index is -0.472. The fourth-order valence-electron chi connectivity index (χ4n) is 2.33. The lowest BCUT2D eigenvalue weighted by molar-refractivity contribution is 0.628. The predicted octanol–water partition coefficient (Wildman–Crippen LogP) is 4.69. The zero-order valence-corrected chi connectivity index (χ0v) is 13.8. The number of nitrogens with one attached hydrogen (secondary N) is 1. The average molecular weight is 343 g/mol. The van der Waals surface area contributed by atoms with Gasteiger partial charge in [-0.3, -0.25) is 0 Å². The van der Waals surface area contributed by atoms with Crippen LogP contribution in [0, 0.1) is 5.82 Å². The summed E-state index contributed by atoms with van der Waals surface area (Å²) in [6.07, 6.45) is 1.54. The Hall–Kier alpha value is -2.66. The summed E-state index contributed by atoms with van der Waals surface area (Å²) in [6.45, 7) is 2.01. The molecule has 1 atom stereocenters. The van der Waals surface area contributed by atoms with Crippen molar-refractivity contribution < 1.29 is 4.39 Å². The molecule has 1 heterocycles. The van der Waals surface area contributed by atoms with Gasteiger partial charge in [0.05, 0.1) is 23.0 Å². The maximum atomic E-state index is 13.3. The first-order chi connectivity index (χ1) is 11.5. The van der Waals surface area contributed by atoms with Crippen molar-refractivity contribution in [2.45, 2.75) is 13.0 Å². The maximum absolute atomic E-state index is 13.3. The molecule has 0 fully saturated rings. The molecule has 3 N–H and O–H groups in total. The van der Waals surface area contributed by atoms with Gasteiger partial charge in [-0.25, -0.2) is 14.4 Å². The molecule has 6 heteroatoms. The molecule has 0 aliphatic carbocycles. The van der Waals surface area contributed by atoms with Gasteiger partial charge in [-0.2, -0.15) is 0 Å². The summed E-state index contributed by atoms with van der Waals surface area (Å²) in [4.78, 5) is 8.67. The van der Waals surface area contributed by atoms with Crippen LogP contribution in [0.5, 0.6) is 0 Å². The largest absolute Gasteiger partial charge is 0.381 e. The Labute approximate surface area is 144 Å². The van der Waals surface area contributed by atoms with Crippen LogP contribution in [0.4, 0.5) is 16.0 Å². The van der Waals surface area contributed by atoms with E-state index in [-0.39, 0.29) is 11.1 Å². The summed E-state index contributed by atoms with van der Waals surface area (Å²) >= 11 is 5.84. The number of nitrogens with two attached hydrogens (primary N) is 1. The van der Waals surface area contributed by atoms with Crippen LogP contribution in [0.2, 0.25) is 5.02 Å². The molecule has 0 amide bonds. The molecule has 0 bridgehead atoms. The summed E-state index contributed by atoms with van der Waals surface area (Å²) in [5.41, 5.74) is 8.27. The molecule has 122 valence electrons. The molecule has 0 saturated heterocycles. The van der Waals surface area contributed by atoms with Crippen LogP contribution in [0.15, 0.2) is 54.7 Å². The van der Waals surface area contributed by atoms with Gasteiger partial charge in [0.15, 0.2) is 11.6 Å². The van der Waals surface area contributed by atoms with Gasteiger partial charge in [0.1, 0.15) is 5.82 Å². The first kappa shape index (κ1) is 16.2. The monoisotopic (exact) mass is 342 g/mol. The molecule has 2 aromatic carbocycles. The normalized spacial score (nSPS) is 12.0. The summed E-state index contributed by atoms with van der Waals surface area (Å²) in [5.74, 6) is 0.305. The van der Waals surface area contributed by atoms with Gasteiger partial charge in [-0.15, -0.1) is 0 Å². The molecular formula is C18H16ClFN4. The lowest BCUT2D eigenvalue weighted by Gasteiger charge is -2.16. The second-order valence-corrected chi connectivity index (χ2v) is 5.80. The molecule has 0 aliphatic heterocycles. The third-order valence-electron chi connectivity index (χ3n) is 3.67. The lowest BCUT2D eigenvalue weighted by atomic mass is 10.1. The molecule has 1 aromatic heterocycles. The number of hydrogen-bond acceptors (Lipinski definition) is 4. The molecule has 0 aliphatic rings. The van der Waals surface area contributed by atoms with Gasteiger partial charge in [0, 0.05) is 5.56 Å². The second kappa shape index (κ2) is 6.84. The molecule has 3 aromatic rings. The van der Waals surface area contributed by atoms with E-state index in [9.17, 15) is 4.39 Å². The molecule has 0 spiro atoms. The van der Waals surface area contributed by atoms with Crippen LogP contribution in [0.3, 0.4) is 0 Å². The SMILES string of the molecule is C[C@H](Nc1nc(-c2ccc(F)c(Cl)c2)cnc1N)c1ccccc1. The van der Waals surface area contributed by atoms with Crippen molar-refractivity contribution in [2.24, 2.45) is 0 Å². The van der Waals surface area contributed by atoms with E-state index in [2.05, 4.69) is 15.3 Å². The number of halogens is 2. The zero-order chi connectivity index (χ0) is 17.1. The summed E-state index contributed by atoms with van der Waals surface area (Å²) < 4.78 is 13.3. The first-order valence-electron chi connectivity index (χ1n) is 7.44. The van der Waals surface area contributed by atoms with Gasteiger partial charge in [0.25, 0.3) is 0 Å². The Morgan fingerprint density at radius 2 is 1.92 bits per heavy atom. The summed E-state index contributed by atoms with van der Waals surface area (Å²) in [5, 5.41) is 3.30. The van der Waals surface area contributed by atoms with Crippen molar-refractivity contribution >= 4 is 23.2 Å². The van der Waals surface area contributed by atoms with E-state index in [0.29, 0.717) is 22.9 Å². The molecular weight excluding hydrogens is 327 g/mol. The Morgan fingerprint density at radius 3 is 2.62 bits per heavy atom. The third-order valence-corrected chi connectivity index (χ3v) is 3.96. The number of rotatable bonds is 4. The van der Waals surface area contributed by atoms with Crippen LogP contribution in [0.25, 0.3) is 11.3 Å². The van der Waals surface area contributed by atoms with Crippen molar-refractivity contribution in [1.29, 1.82) is 0 Å². The van der Waals surface area contributed by atoms with Crippen molar-refractivity contribution in [2.75, 3.05) is 11.1 Å². The average Bonchev–Trinajstić information content (AvgIpc) is 2.60. The fourth-order valence-corrected chi connectivity index (χ4v) is 2.51. The van der Waals surface area contributed by atoms with Crippen LogP contribution >= 0.6 is 11.6 Å². The van der Waals surface area contributed by atoms with Crippen molar-refractivity contribution in [3.8, 4) is 11.3 Å². The summed E-state index contributed by atoms with van der Waals surface area (Å²) in [7, 11) is 0. The highest BCUT2D eigenvalue weighted by Crippen LogP contribution is 2.27. The fraction of sp³-hybridized carbons (Fsp3) is 0.111. The number of nitrogen functional groups attached to an aromatic ring is 1. The smallest absolute Gasteiger partial charge is 0.170 e. The van der Waals surface area contributed by atoms with E-state index in [1.54, 1.807) is 6.07 Å². The highest BCUT2D eigenvalue weighted by Gasteiger charge is 2.12. The van der Waals surface area contributed by atoms with Gasteiger partial charge >= 0.3 is 0 Å². The maximum Gasteiger partial charge on any atom is 0.170 e. The van der Waals surface area contributed by atoms with Crippen molar-refractivity contribution in [3.63, 3.8) is 0 Å². The second-order valence-electron chi connectivity index (χ2n) is 5.39. The highest BCUT2D eigenvalue weighted by molar-refractivity contribution is 6.31. The molecule has 3 rings (SSSR count). The lowest BCUT2D eigenvalue weighted by Crippen LogP contribution is -2.11. The van der Waals surface area contributed by atoms with Crippen LogP contribution in [0.1, 0.15) is 18.5 Å². The summed E-state index contributed by atoms with van der Waals surface area (Å²) in [6, 6.07) is 14.4. The van der Waals surface area contributed by atoms with Gasteiger partial charge < -0.3 is 11.1 Å². The quantitative estimate of drug-likeness (QED) is 0.721. The van der Waals surface area contributed by atoms with Gasteiger partial charge in [-0.1, -0.05) is 41.9 Å². The van der Waals surface area contributed by atoms with E-state index in [0.717, 1.165) is 5.56 Å². The van der Waals surface area contributed by atoms with Crippen molar-refractivity contribution in [3.05, 3.63) is 71.1 Å². The number of hydrogen-bond donors (Lipinski definition) is 2. The predicted molar refractivity (Wildman–Crippen MR) is 95.3 cm³/mol. The van der Waals surface area contributed by atoms with E-state index in [1.165, 1.54) is 18.3 Å². The third kappa shape index (κ3) is 3.46. The minimum Gasteiger partial charge on any atom is -0.381 e. The van der Waals surface area contributed by atoms with Crippen LogP contribution in [-0.4, -0.2) is 9.97 Å². The van der Waals surface area contributed by atoms with E-state index >= 15 is 0 Å². The van der Waals surface area contributed by atoms with Gasteiger partial charge in [-0.05, 0) is 30.7 Å². The number of nitrogens with zero attached hydrogens (tertiary/aromatic N) is 2. The van der Waals surface area contributed by atoms with Gasteiger partial charge in [0.2, 0.25) is 0 Å². The van der Waals surface area contributed by atoms with Crippen LogP contribution in [-0.2, 0) is 0 Å². The minimum absolute atomic E-state index is 0.00913. The molecule has 0 saturated carbocycles. The zero-order valence-electron chi connectivity index (χ0n) is 13.0. The van der Waals surface area contributed by atoms with Crippen LogP contribution < -0.4 is 11.1 Å². The standard InChI is InChI=1S/C18H16ClFN4/c1-11(12-5-3-2-4-6-12)23-18-17(21)22-10-16(24-18)13-7-8-15(20)14(19)9-13/h2-11H,1H3,(H2,21,22)(H,23,24)/t11-/m0/s1. The Bertz CT molecular complexity index is 855. The molecule has 0 radical (unpaired) electrons. The highest BCUT2D eigenvalue weighted by atomic mass is 35.5. The number of benzene rings is 2. The number of aromatic nitrogens is 2. The molecule has 0 unspecified atom stereocenters. The van der Waals surface area contributed by atoms with Crippen molar-refractivity contribution in [1.82, 2.24) is 9.97 Å². The molecule has 4 nitrogen and oxygen atoms in total. The van der Waals surface area contributed by atoms with E-state index < -0.39 is 5.82 Å². The van der Waals surface area contributed by atoms with E-state index in [1.807, 2.05) is 37.3 Å². The Kier molecular flexibility index (Phi) is 4.62. The topological polar surface area (TPSA) is 63.8 Å². The first-order valence-corrected chi connectivity index (χ1v) is 7.82. The molecule has 24 heavy (non-hydrogen) atoms. The Balaban J connectivity index is 1.90. The van der Waals surface area contributed by atoms with E-state index in [4.69, 9.17) is 17.3 Å². The number of anilines is 2.